The number of benzene rings is 1. The Morgan fingerprint density at radius 2 is 1.77 bits per heavy atom. The molecular weight excluding hydrogens is 384 g/mol. The Morgan fingerprint density at radius 3 is 2.43 bits per heavy atom. The van der Waals surface area contributed by atoms with Crippen molar-refractivity contribution in [2.24, 2.45) is 5.92 Å². The molecule has 0 N–H and O–H groups in total. The predicted octanol–water partition coefficient (Wildman–Crippen LogP) is 2.77. The van der Waals surface area contributed by atoms with E-state index in [9.17, 15) is 14.9 Å². The van der Waals surface area contributed by atoms with Gasteiger partial charge in [0, 0.05) is 51.4 Å². The molecule has 0 aliphatic carbocycles. The van der Waals surface area contributed by atoms with E-state index in [0.29, 0.717) is 11.5 Å². The van der Waals surface area contributed by atoms with Gasteiger partial charge in [-0.05, 0) is 50.6 Å². The van der Waals surface area contributed by atoms with E-state index in [4.69, 9.17) is 4.74 Å². The number of nitro groups is 1. The summed E-state index contributed by atoms with van der Waals surface area (Å²) in [6, 6.07) is 4.74. The maximum atomic E-state index is 13.3. The number of non-ortho nitro benzene ring substituents is 1. The van der Waals surface area contributed by atoms with Crippen molar-refractivity contribution in [3.05, 3.63) is 33.9 Å². The lowest BCUT2D eigenvalue weighted by Crippen LogP contribution is -2.41. The molecule has 0 spiro atoms. The minimum absolute atomic E-state index is 0.0123. The van der Waals surface area contributed by atoms with E-state index >= 15 is 0 Å². The molecule has 3 aliphatic heterocycles. The van der Waals surface area contributed by atoms with Crippen LogP contribution in [0.25, 0.3) is 0 Å². The number of carbonyl (C=O) groups is 1. The van der Waals surface area contributed by atoms with Crippen molar-refractivity contribution < 1.29 is 14.5 Å². The van der Waals surface area contributed by atoms with Gasteiger partial charge in [-0.3, -0.25) is 19.8 Å². The van der Waals surface area contributed by atoms with Gasteiger partial charge < -0.3 is 14.5 Å². The molecule has 164 valence electrons. The minimum atomic E-state index is -0.414. The fourth-order valence-electron chi connectivity index (χ4n) is 4.83. The monoisotopic (exact) mass is 416 g/mol. The van der Waals surface area contributed by atoms with Crippen LogP contribution in [0.3, 0.4) is 0 Å². The van der Waals surface area contributed by atoms with Gasteiger partial charge in [-0.15, -0.1) is 0 Å². The van der Waals surface area contributed by atoms with Crippen molar-refractivity contribution in [2.75, 3.05) is 63.9 Å². The molecular formula is C22H32N4O4. The molecule has 1 amide bonds. The van der Waals surface area contributed by atoms with E-state index in [-0.39, 0.29) is 11.6 Å². The second-order valence-electron chi connectivity index (χ2n) is 8.63. The standard InChI is InChI=1S/C22H32N4O4/c27-22(20-17-19(26(28)29)3-4-21(20)24-8-1-2-9-24)25-11-6-18(7-12-25)5-10-23-13-15-30-16-14-23/h3-4,17-18H,1-2,5-16H2. The third-order valence-corrected chi connectivity index (χ3v) is 6.73. The first-order valence-electron chi connectivity index (χ1n) is 11.2. The zero-order chi connectivity index (χ0) is 20.9. The average molecular weight is 417 g/mol. The maximum absolute atomic E-state index is 13.3. The van der Waals surface area contributed by atoms with E-state index in [1.165, 1.54) is 12.1 Å². The number of piperidine rings is 1. The number of nitrogens with zero attached hydrogens (tertiary/aromatic N) is 4. The van der Waals surface area contributed by atoms with Gasteiger partial charge in [0.15, 0.2) is 0 Å². The van der Waals surface area contributed by atoms with Crippen LogP contribution in [0, 0.1) is 16.0 Å². The molecule has 3 saturated heterocycles. The summed E-state index contributed by atoms with van der Waals surface area (Å²) in [5.74, 6) is 0.576. The van der Waals surface area contributed by atoms with Crippen molar-refractivity contribution >= 4 is 17.3 Å². The van der Waals surface area contributed by atoms with Gasteiger partial charge in [-0.2, -0.15) is 0 Å². The first-order chi connectivity index (χ1) is 14.6. The summed E-state index contributed by atoms with van der Waals surface area (Å²) in [6.07, 6.45) is 5.37. The van der Waals surface area contributed by atoms with Crippen LogP contribution in [-0.2, 0) is 4.74 Å². The SMILES string of the molecule is O=C(c1cc([N+](=O)[O-])ccc1N1CCCC1)N1CCC(CCN2CCOCC2)CC1. The molecule has 0 bridgehead atoms. The lowest BCUT2D eigenvalue weighted by molar-refractivity contribution is -0.384. The molecule has 3 heterocycles. The number of amides is 1. The second kappa shape index (κ2) is 9.75. The van der Waals surface area contributed by atoms with Crippen LogP contribution in [0.5, 0.6) is 0 Å². The Labute approximate surface area is 177 Å². The molecule has 3 fully saturated rings. The number of carbonyl (C=O) groups excluding carboxylic acids is 1. The quantitative estimate of drug-likeness (QED) is 0.524. The molecule has 30 heavy (non-hydrogen) atoms. The van der Waals surface area contributed by atoms with Gasteiger partial charge in [0.2, 0.25) is 0 Å². The highest BCUT2D eigenvalue weighted by molar-refractivity contribution is 6.00. The highest BCUT2D eigenvalue weighted by Gasteiger charge is 2.28. The molecule has 0 saturated carbocycles. The molecule has 4 rings (SSSR count). The predicted molar refractivity (Wildman–Crippen MR) is 115 cm³/mol. The van der Waals surface area contributed by atoms with E-state index in [1.807, 2.05) is 4.90 Å². The van der Waals surface area contributed by atoms with Crippen LogP contribution in [0.1, 0.15) is 42.5 Å². The Kier molecular flexibility index (Phi) is 6.84. The summed E-state index contributed by atoms with van der Waals surface area (Å²) in [5, 5.41) is 11.3. The average Bonchev–Trinajstić information content (AvgIpc) is 3.32. The summed E-state index contributed by atoms with van der Waals surface area (Å²) < 4.78 is 5.41. The number of rotatable bonds is 6. The first-order valence-corrected chi connectivity index (χ1v) is 11.2. The van der Waals surface area contributed by atoms with E-state index in [2.05, 4.69) is 9.80 Å². The van der Waals surface area contributed by atoms with Gasteiger partial charge in [-0.1, -0.05) is 0 Å². The Morgan fingerprint density at radius 1 is 1.07 bits per heavy atom. The van der Waals surface area contributed by atoms with E-state index in [1.54, 1.807) is 6.07 Å². The third-order valence-electron chi connectivity index (χ3n) is 6.73. The van der Waals surface area contributed by atoms with Crippen LogP contribution in [-0.4, -0.2) is 79.7 Å². The van der Waals surface area contributed by atoms with Crippen LogP contribution in [0.15, 0.2) is 18.2 Å². The number of morpholine rings is 1. The molecule has 0 unspecified atom stereocenters. The molecule has 1 aromatic rings. The van der Waals surface area contributed by atoms with Gasteiger partial charge in [-0.25, -0.2) is 0 Å². The maximum Gasteiger partial charge on any atom is 0.270 e. The van der Waals surface area contributed by atoms with Crippen molar-refractivity contribution in [3.8, 4) is 0 Å². The van der Waals surface area contributed by atoms with Crippen LogP contribution >= 0.6 is 0 Å². The van der Waals surface area contributed by atoms with E-state index in [0.717, 1.165) is 96.8 Å². The molecule has 0 aromatic heterocycles. The number of hydrogen-bond donors (Lipinski definition) is 0. The Balaban J connectivity index is 1.38. The summed E-state index contributed by atoms with van der Waals surface area (Å²) in [5.41, 5.74) is 1.32. The van der Waals surface area contributed by atoms with Gasteiger partial charge >= 0.3 is 0 Å². The first kappa shape index (κ1) is 21.1. The number of ether oxygens (including phenoxy) is 1. The summed E-state index contributed by atoms with van der Waals surface area (Å²) >= 11 is 0. The Bertz CT molecular complexity index is 752. The Hall–Kier alpha value is -2.19. The minimum Gasteiger partial charge on any atom is -0.379 e. The van der Waals surface area contributed by atoms with Crippen LogP contribution in [0.2, 0.25) is 0 Å². The smallest absolute Gasteiger partial charge is 0.270 e. The van der Waals surface area contributed by atoms with Gasteiger partial charge in [0.05, 0.1) is 29.4 Å². The molecule has 0 atom stereocenters. The summed E-state index contributed by atoms with van der Waals surface area (Å²) in [4.78, 5) is 30.7. The fourth-order valence-corrected chi connectivity index (χ4v) is 4.83. The highest BCUT2D eigenvalue weighted by Crippen LogP contribution is 2.31. The van der Waals surface area contributed by atoms with Gasteiger partial charge in [0.1, 0.15) is 0 Å². The molecule has 8 nitrogen and oxygen atoms in total. The third kappa shape index (κ3) is 4.92. The molecule has 0 radical (unpaired) electrons. The number of hydrogen-bond acceptors (Lipinski definition) is 6. The normalized spacial score (nSPS) is 21.2. The summed E-state index contributed by atoms with van der Waals surface area (Å²) in [7, 11) is 0. The molecule has 1 aromatic carbocycles. The number of likely N-dealkylation sites (tertiary alicyclic amines) is 1. The highest BCUT2D eigenvalue weighted by atomic mass is 16.6. The van der Waals surface area contributed by atoms with Gasteiger partial charge in [0.25, 0.3) is 11.6 Å². The lowest BCUT2D eigenvalue weighted by Gasteiger charge is -2.34. The molecule has 3 aliphatic rings. The van der Waals surface area contributed by atoms with Crippen LogP contribution < -0.4 is 4.90 Å². The van der Waals surface area contributed by atoms with E-state index < -0.39 is 4.92 Å². The molecule has 8 heteroatoms. The summed E-state index contributed by atoms with van der Waals surface area (Å²) in [6.45, 7) is 8.07. The lowest BCUT2D eigenvalue weighted by atomic mass is 9.92. The zero-order valence-corrected chi connectivity index (χ0v) is 17.6. The topological polar surface area (TPSA) is 79.2 Å². The van der Waals surface area contributed by atoms with Crippen molar-refractivity contribution in [2.45, 2.75) is 32.1 Å². The largest absolute Gasteiger partial charge is 0.379 e. The van der Waals surface area contributed by atoms with Crippen molar-refractivity contribution in [3.63, 3.8) is 0 Å². The number of anilines is 1. The number of nitro benzene ring substituents is 1. The van der Waals surface area contributed by atoms with Crippen molar-refractivity contribution in [1.29, 1.82) is 0 Å². The fraction of sp³-hybridized carbons (Fsp3) is 0.682. The van der Waals surface area contributed by atoms with Crippen LogP contribution in [0.4, 0.5) is 11.4 Å². The van der Waals surface area contributed by atoms with Crippen molar-refractivity contribution in [1.82, 2.24) is 9.80 Å². The second-order valence-corrected chi connectivity index (χ2v) is 8.63. The zero-order valence-electron chi connectivity index (χ0n) is 17.6.